The standard InChI is InChI=1S/C19H26ClN3O2S/c1-3-5-7-15(4-2)14-25-17(24)9-13-26-16-8-11-21-19(18(16)20)23-12-6-10-22-23/h6,8,10-12,15H,3-5,7,9,13-14H2,1-2H3. The SMILES string of the molecule is CCCCC(CC)COC(=O)CCSc1ccnc(-n2cccn2)c1Cl. The Kier molecular flexibility index (Phi) is 8.98. The molecule has 0 aliphatic heterocycles. The van der Waals surface area contributed by atoms with Crippen molar-refractivity contribution < 1.29 is 9.53 Å². The van der Waals surface area contributed by atoms with Gasteiger partial charge >= 0.3 is 5.97 Å². The number of aromatic nitrogens is 3. The number of halogens is 1. The third-order valence-electron chi connectivity index (χ3n) is 4.14. The Hall–Kier alpha value is -1.53. The molecule has 0 amide bonds. The molecular weight excluding hydrogens is 370 g/mol. The molecule has 0 saturated carbocycles. The summed E-state index contributed by atoms with van der Waals surface area (Å²) in [6.07, 6.45) is 10.1. The van der Waals surface area contributed by atoms with Crippen LogP contribution in [0.4, 0.5) is 0 Å². The Morgan fingerprint density at radius 2 is 2.23 bits per heavy atom. The number of esters is 1. The van der Waals surface area contributed by atoms with Gasteiger partial charge in [0.1, 0.15) is 0 Å². The van der Waals surface area contributed by atoms with Gasteiger partial charge in [-0.25, -0.2) is 9.67 Å². The van der Waals surface area contributed by atoms with E-state index in [0.717, 1.165) is 17.7 Å². The molecule has 26 heavy (non-hydrogen) atoms. The minimum Gasteiger partial charge on any atom is -0.465 e. The first-order chi connectivity index (χ1) is 12.7. The van der Waals surface area contributed by atoms with E-state index >= 15 is 0 Å². The van der Waals surface area contributed by atoms with Crippen LogP contribution in [0, 0.1) is 5.92 Å². The summed E-state index contributed by atoms with van der Waals surface area (Å²) in [5.41, 5.74) is 0. The van der Waals surface area contributed by atoms with Crippen LogP contribution in [-0.4, -0.2) is 33.1 Å². The Morgan fingerprint density at radius 1 is 1.38 bits per heavy atom. The number of hydrogen-bond donors (Lipinski definition) is 0. The largest absolute Gasteiger partial charge is 0.465 e. The minimum absolute atomic E-state index is 0.148. The molecule has 0 saturated heterocycles. The van der Waals surface area contributed by atoms with Crippen LogP contribution in [-0.2, 0) is 9.53 Å². The summed E-state index contributed by atoms with van der Waals surface area (Å²) in [6.45, 7) is 4.85. The van der Waals surface area contributed by atoms with Crippen molar-refractivity contribution in [1.82, 2.24) is 14.8 Å². The first-order valence-electron chi connectivity index (χ1n) is 9.08. The average Bonchev–Trinajstić information content (AvgIpc) is 3.18. The average molecular weight is 396 g/mol. The summed E-state index contributed by atoms with van der Waals surface area (Å²) in [7, 11) is 0. The highest BCUT2D eigenvalue weighted by Gasteiger charge is 2.13. The zero-order valence-corrected chi connectivity index (χ0v) is 16.9. The monoisotopic (exact) mass is 395 g/mol. The van der Waals surface area contributed by atoms with Gasteiger partial charge in [0.2, 0.25) is 0 Å². The maximum atomic E-state index is 12.0. The lowest BCUT2D eigenvalue weighted by Crippen LogP contribution is -2.14. The van der Waals surface area contributed by atoms with Crippen molar-refractivity contribution >= 4 is 29.3 Å². The number of rotatable bonds is 11. The van der Waals surface area contributed by atoms with Crippen LogP contribution in [0.5, 0.6) is 0 Å². The zero-order valence-electron chi connectivity index (χ0n) is 15.4. The van der Waals surface area contributed by atoms with E-state index in [0.29, 0.717) is 35.5 Å². The van der Waals surface area contributed by atoms with E-state index < -0.39 is 0 Å². The van der Waals surface area contributed by atoms with Crippen LogP contribution >= 0.6 is 23.4 Å². The van der Waals surface area contributed by atoms with Gasteiger partial charge in [0.25, 0.3) is 0 Å². The normalized spacial score (nSPS) is 12.1. The predicted molar refractivity (Wildman–Crippen MR) is 106 cm³/mol. The molecule has 0 spiro atoms. The fourth-order valence-electron chi connectivity index (χ4n) is 2.51. The molecule has 7 heteroatoms. The summed E-state index contributed by atoms with van der Waals surface area (Å²) in [4.78, 5) is 17.1. The second-order valence-corrected chi connectivity index (χ2v) is 7.61. The molecule has 0 bridgehead atoms. The van der Waals surface area contributed by atoms with Gasteiger partial charge in [0.05, 0.1) is 18.1 Å². The summed E-state index contributed by atoms with van der Waals surface area (Å²) in [6, 6.07) is 3.67. The number of ether oxygens (including phenoxy) is 1. The maximum Gasteiger partial charge on any atom is 0.306 e. The molecule has 2 heterocycles. The number of pyridine rings is 1. The maximum absolute atomic E-state index is 12.0. The molecule has 1 unspecified atom stereocenters. The van der Waals surface area contributed by atoms with E-state index in [-0.39, 0.29) is 5.97 Å². The molecule has 0 N–H and O–H groups in total. The Morgan fingerprint density at radius 3 is 2.92 bits per heavy atom. The van der Waals surface area contributed by atoms with Crippen LogP contribution in [0.15, 0.2) is 35.6 Å². The number of carbonyl (C=O) groups is 1. The van der Waals surface area contributed by atoms with Crippen LogP contribution in [0.25, 0.3) is 5.82 Å². The van der Waals surface area contributed by atoms with Gasteiger partial charge < -0.3 is 4.74 Å². The van der Waals surface area contributed by atoms with Crippen molar-refractivity contribution in [2.24, 2.45) is 5.92 Å². The summed E-state index contributed by atoms with van der Waals surface area (Å²) in [5, 5.41) is 4.70. The number of hydrogen-bond acceptors (Lipinski definition) is 5. The molecule has 5 nitrogen and oxygen atoms in total. The van der Waals surface area contributed by atoms with Crippen molar-refractivity contribution in [1.29, 1.82) is 0 Å². The molecule has 2 rings (SSSR count). The Bertz CT molecular complexity index is 679. The smallest absolute Gasteiger partial charge is 0.306 e. The number of carbonyl (C=O) groups excluding carboxylic acids is 1. The molecule has 2 aromatic heterocycles. The van der Waals surface area contributed by atoms with Gasteiger partial charge in [-0.2, -0.15) is 5.10 Å². The molecule has 142 valence electrons. The number of thioether (sulfide) groups is 1. The van der Waals surface area contributed by atoms with Crippen LogP contribution < -0.4 is 0 Å². The zero-order chi connectivity index (χ0) is 18.8. The van der Waals surface area contributed by atoms with Crippen molar-refractivity contribution in [2.75, 3.05) is 12.4 Å². The van der Waals surface area contributed by atoms with Gasteiger partial charge in [-0.05, 0) is 24.5 Å². The lowest BCUT2D eigenvalue weighted by atomic mass is 10.0. The Labute approximate surface area is 164 Å². The summed E-state index contributed by atoms with van der Waals surface area (Å²) >= 11 is 7.95. The molecule has 0 aromatic carbocycles. The summed E-state index contributed by atoms with van der Waals surface area (Å²) in [5.74, 6) is 1.53. The number of unbranched alkanes of at least 4 members (excludes halogenated alkanes) is 1. The van der Waals surface area contributed by atoms with Crippen molar-refractivity contribution in [3.63, 3.8) is 0 Å². The van der Waals surface area contributed by atoms with E-state index in [4.69, 9.17) is 16.3 Å². The number of nitrogens with zero attached hydrogens (tertiary/aromatic N) is 3. The van der Waals surface area contributed by atoms with Gasteiger partial charge in [-0.15, -0.1) is 11.8 Å². The predicted octanol–water partition coefficient (Wildman–Crippen LogP) is 5.16. The van der Waals surface area contributed by atoms with Crippen molar-refractivity contribution in [3.05, 3.63) is 35.7 Å². The van der Waals surface area contributed by atoms with Gasteiger partial charge in [0.15, 0.2) is 5.82 Å². The molecule has 0 fully saturated rings. The molecule has 0 radical (unpaired) electrons. The highest BCUT2D eigenvalue weighted by Crippen LogP contribution is 2.30. The molecule has 0 aliphatic rings. The molecule has 0 aliphatic carbocycles. The second-order valence-electron chi connectivity index (χ2n) is 6.10. The van der Waals surface area contributed by atoms with E-state index in [9.17, 15) is 4.79 Å². The lowest BCUT2D eigenvalue weighted by Gasteiger charge is -2.14. The highest BCUT2D eigenvalue weighted by atomic mass is 35.5. The molecule has 1 atom stereocenters. The third kappa shape index (κ3) is 6.32. The first-order valence-corrected chi connectivity index (χ1v) is 10.4. The fourth-order valence-corrected chi connectivity index (χ4v) is 3.73. The quantitative estimate of drug-likeness (QED) is 0.388. The van der Waals surface area contributed by atoms with E-state index in [2.05, 4.69) is 23.9 Å². The van der Waals surface area contributed by atoms with Crippen LogP contribution in [0.3, 0.4) is 0 Å². The minimum atomic E-state index is -0.148. The van der Waals surface area contributed by atoms with Gasteiger partial charge in [-0.1, -0.05) is 44.7 Å². The fraction of sp³-hybridized carbons (Fsp3) is 0.526. The van der Waals surface area contributed by atoms with E-state index in [1.165, 1.54) is 24.6 Å². The van der Waals surface area contributed by atoms with Crippen molar-refractivity contribution in [3.8, 4) is 5.82 Å². The first kappa shape index (κ1) is 20.8. The summed E-state index contributed by atoms with van der Waals surface area (Å²) < 4.78 is 7.06. The third-order valence-corrected chi connectivity index (χ3v) is 5.69. The molecular formula is C19H26ClN3O2S. The van der Waals surface area contributed by atoms with Crippen molar-refractivity contribution in [2.45, 2.75) is 50.8 Å². The van der Waals surface area contributed by atoms with Gasteiger partial charge in [-0.3, -0.25) is 4.79 Å². The van der Waals surface area contributed by atoms with Crippen LogP contribution in [0.1, 0.15) is 46.0 Å². The lowest BCUT2D eigenvalue weighted by molar-refractivity contribution is -0.144. The Balaban J connectivity index is 1.79. The molecule has 2 aromatic rings. The topological polar surface area (TPSA) is 57.0 Å². The van der Waals surface area contributed by atoms with E-state index in [1.807, 2.05) is 12.1 Å². The van der Waals surface area contributed by atoms with Crippen LogP contribution in [0.2, 0.25) is 5.02 Å². The van der Waals surface area contributed by atoms with Gasteiger partial charge in [0, 0.05) is 29.2 Å². The highest BCUT2D eigenvalue weighted by molar-refractivity contribution is 7.99. The second kappa shape index (κ2) is 11.2. The van der Waals surface area contributed by atoms with E-state index in [1.54, 1.807) is 23.3 Å².